The number of fused-ring (bicyclic) bond motifs is 1. The maximum absolute atomic E-state index is 13.9. The van der Waals surface area contributed by atoms with E-state index in [-0.39, 0.29) is 33.1 Å². The molecule has 1 unspecified atom stereocenters. The van der Waals surface area contributed by atoms with E-state index in [0.29, 0.717) is 0 Å². The van der Waals surface area contributed by atoms with Crippen LogP contribution in [0.15, 0.2) is 35.5 Å². The maximum Gasteiger partial charge on any atom is 0.281 e. The molecule has 0 bridgehead atoms. The number of benzene rings is 1. The van der Waals surface area contributed by atoms with E-state index in [1.807, 2.05) is 6.07 Å². The van der Waals surface area contributed by atoms with Crippen LogP contribution in [-0.4, -0.2) is 22.0 Å². The smallest absolute Gasteiger partial charge is 0.281 e. The highest BCUT2D eigenvalue weighted by Crippen LogP contribution is 2.50. The molecule has 4 nitrogen and oxygen atoms in total. The minimum absolute atomic E-state index is 0.00968. The molecule has 1 aromatic carbocycles. The topological polar surface area (TPSA) is 66.1 Å². The predicted molar refractivity (Wildman–Crippen MR) is 80.9 cm³/mol. The van der Waals surface area contributed by atoms with E-state index >= 15 is 0 Å². The number of aliphatic hydroxyl groups is 1. The van der Waals surface area contributed by atoms with E-state index in [4.69, 9.17) is 10.00 Å². The molecule has 0 radical (unpaired) electrons. The van der Waals surface area contributed by atoms with Crippen LogP contribution in [0.4, 0.5) is 13.2 Å². The molecule has 0 fully saturated rings. The van der Waals surface area contributed by atoms with Gasteiger partial charge in [0.05, 0.1) is 11.8 Å². The summed E-state index contributed by atoms with van der Waals surface area (Å²) in [7, 11) is 0. The van der Waals surface area contributed by atoms with E-state index in [0.717, 1.165) is 11.8 Å². The zero-order valence-corrected chi connectivity index (χ0v) is 13.0. The van der Waals surface area contributed by atoms with Crippen LogP contribution in [0.2, 0.25) is 0 Å². The fourth-order valence-corrected chi connectivity index (χ4v) is 3.26. The van der Waals surface area contributed by atoms with E-state index < -0.39 is 24.5 Å². The van der Waals surface area contributed by atoms with Crippen molar-refractivity contribution in [2.45, 2.75) is 23.3 Å². The van der Waals surface area contributed by atoms with Crippen molar-refractivity contribution in [3.05, 3.63) is 47.3 Å². The van der Waals surface area contributed by atoms with Gasteiger partial charge in [0.25, 0.3) is 5.92 Å². The Morgan fingerprint density at radius 3 is 2.92 bits per heavy atom. The van der Waals surface area contributed by atoms with Gasteiger partial charge in [-0.15, -0.1) is 0 Å². The van der Waals surface area contributed by atoms with Gasteiger partial charge in [-0.25, -0.2) is 13.2 Å². The lowest BCUT2D eigenvalue weighted by Gasteiger charge is -2.15. The van der Waals surface area contributed by atoms with E-state index in [2.05, 4.69) is 4.98 Å². The zero-order chi connectivity index (χ0) is 17.3. The van der Waals surface area contributed by atoms with Gasteiger partial charge in [-0.05, 0) is 12.1 Å². The Kier molecular flexibility index (Phi) is 4.39. The second kappa shape index (κ2) is 6.34. The molecular weight excluding hydrogens is 341 g/mol. The number of aliphatic hydroxyl groups excluding tert-OH is 1. The summed E-state index contributed by atoms with van der Waals surface area (Å²) in [6, 6.07) is 5.42. The number of ether oxygens (including phenoxy) is 1. The van der Waals surface area contributed by atoms with Crippen molar-refractivity contribution in [1.29, 1.82) is 5.26 Å². The monoisotopic (exact) mass is 352 g/mol. The number of thioether (sulfide) groups is 1. The highest BCUT2D eigenvalue weighted by atomic mass is 32.2. The lowest BCUT2D eigenvalue weighted by atomic mass is 10.1. The SMILES string of the molecule is N#Cc1cncc(Oc2ccc(SCF)c3c2CC(F)(F)C3O)c1. The van der Waals surface area contributed by atoms with Crippen LogP contribution < -0.4 is 4.74 Å². The van der Waals surface area contributed by atoms with E-state index in [1.165, 1.54) is 30.6 Å². The number of nitrogens with zero attached hydrogens (tertiary/aromatic N) is 2. The highest BCUT2D eigenvalue weighted by Gasteiger charge is 2.49. The van der Waals surface area contributed by atoms with Crippen molar-refractivity contribution in [1.82, 2.24) is 4.98 Å². The van der Waals surface area contributed by atoms with Gasteiger partial charge < -0.3 is 9.84 Å². The summed E-state index contributed by atoms with van der Waals surface area (Å²) in [4.78, 5) is 4.09. The Bertz CT molecular complexity index is 823. The largest absolute Gasteiger partial charge is 0.455 e. The summed E-state index contributed by atoms with van der Waals surface area (Å²) in [6.07, 6.45) is -0.0177. The molecule has 2 aromatic rings. The Labute approximate surface area is 139 Å². The summed E-state index contributed by atoms with van der Waals surface area (Å²) < 4.78 is 46.0. The highest BCUT2D eigenvalue weighted by molar-refractivity contribution is 7.99. The van der Waals surface area contributed by atoms with Crippen LogP contribution in [0.5, 0.6) is 11.5 Å². The minimum Gasteiger partial charge on any atom is -0.455 e. The third-order valence-corrected chi connectivity index (χ3v) is 4.42. The van der Waals surface area contributed by atoms with Crippen molar-refractivity contribution < 1.29 is 23.0 Å². The molecule has 1 heterocycles. The number of pyridine rings is 1. The summed E-state index contributed by atoms with van der Waals surface area (Å²) >= 11 is 0.735. The zero-order valence-electron chi connectivity index (χ0n) is 12.2. The van der Waals surface area contributed by atoms with E-state index in [9.17, 15) is 18.3 Å². The number of aromatic nitrogens is 1. The normalized spacial score (nSPS) is 18.0. The Balaban J connectivity index is 2.03. The van der Waals surface area contributed by atoms with Gasteiger partial charge in [-0.3, -0.25) is 4.98 Å². The lowest BCUT2D eigenvalue weighted by molar-refractivity contribution is -0.0976. The molecule has 3 rings (SSSR count). The fourth-order valence-electron chi connectivity index (χ4n) is 2.59. The van der Waals surface area contributed by atoms with Gasteiger partial charge in [-0.2, -0.15) is 5.26 Å². The van der Waals surface area contributed by atoms with Crippen molar-refractivity contribution in [2.75, 3.05) is 6.01 Å². The Morgan fingerprint density at radius 1 is 1.42 bits per heavy atom. The summed E-state index contributed by atoms with van der Waals surface area (Å²) in [5.41, 5.74) is 0.386. The number of alkyl halides is 3. The van der Waals surface area contributed by atoms with Crippen LogP contribution in [0.1, 0.15) is 22.8 Å². The van der Waals surface area contributed by atoms with Crippen LogP contribution >= 0.6 is 11.8 Å². The van der Waals surface area contributed by atoms with Crippen molar-refractivity contribution in [2.24, 2.45) is 0 Å². The average molecular weight is 352 g/mol. The molecule has 8 heteroatoms. The molecule has 1 aliphatic rings. The van der Waals surface area contributed by atoms with Gasteiger partial charge in [0.2, 0.25) is 0 Å². The average Bonchev–Trinajstić information content (AvgIpc) is 2.81. The molecule has 0 spiro atoms. The predicted octanol–water partition coefficient (Wildman–Crippen LogP) is 3.99. The number of halogens is 3. The van der Waals surface area contributed by atoms with Gasteiger partial charge in [-0.1, -0.05) is 11.8 Å². The molecule has 24 heavy (non-hydrogen) atoms. The third-order valence-electron chi connectivity index (χ3n) is 3.64. The van der Waals surface area contributed by atoms with Crippen molar-refractivity contribution in [3.8, 4) is 17.6 Å². The van der Waals surface area contributed by atoms with Gasteiger partial charge in [0, 0.05) is 34.7 Å². The van der Waals surface area contributed by atoms with Crippen LogP contribution in [0.3, 0.4) is 0 Å². The van der Waals surface area contributed by atoms with Gasteiger partial charge in [0.1, 0.15) is 29.7 Å². The molecule has 0 saturated heterocycles. The summed E-state index contributed by atoms with van der Waals surface area (Å²) in [5, 5.41) is 18.8. The van der Waals surface area contributed by atoms with Crippen LogP contribution in [0.25, 0.3) is 0 Å². The number of nitriles is 1. The number of hydrogen-bond acceptors (Lipinski definition) is 5. The first-order valence-electron chi connectivity index (χ1n) is 6.89. The molecule has 1 N–H and O–H groups in total. The first-order valence-corrected chi connectivity index (χ1v) is 7.88. The lowest BCUT2D eigenvalue weighted by Crippen LogP contribution is -2.21. The van der Waals surface area contributed by atoms with Crippen LogP contribution in [0, 0.1) is 11.3 Å². The molecule has 1 aromatic heterocycles. The first-order chi connectivity index (χ1) is 11.5. The van der Waals surface area contributed by atoms with Gasteiger partial charge >= 0.3 is 0 Å². The fraction of sp³-hybridized carbons (Fsp3) is 0.250. The van der Waals surface area contributed by atoms with Crippen LogP contribution in [-0.2, 0) is 6.42 Å². The second-order valence-electron chi connectivity index (χ2n) is 5.17. The number of hydrogen-bond donors (Lipinski definition) is 1. The summed E-state index contributed by atoms with van der Waals surface area (Å²) in [6.45, 7) is 0. The third kappa shape index (κ3) is 2.92. The summed E-state index contributed by atoms with van der Waals surface area (Å²) in [5.74, 6) is -3.01. The van der Waals surface area contributed by atoms with Gasteiger partial charge in [0.15, 0.2) is 0 Å². The molecular formula is C16H11F3N2O2S. The van der Waals surface area contributed by atoms with E-state index in [1.54, 1.807) is 0 Å². The molecule has 1 aliphatic carbocycles. The first kappa shape index (κ1) is 16.6. The maximum atomic E-state index is 13.9. The minimum atomic E-state index is -3.35. The molecule has 0 saturated carbocycles. The second-order valence-corrected chi connectivity index (χ2v) is 6.12. The standard InChI is InChI=1S/C16H11F3N2O2S/c17-8-24-13-2-1-12(11-4-16(18,19)15(22)14(11)13)23-10-3-9(5-20)6-21-7-10/h1-3,6-7,15,22H,4,8H2. The molecule has 1 atom stereocenters. The Hall–Kier alpha value is -2.24. The van der Waals surface area contributed by atoms with Crippen molar-refractivity contribution in [3.63, 3.8) is 0 Å². The molecule has 124 valence electrons. The van der Waals surface area contributed by atoms with Crippen molar-refractivity contribution >= 4 is 11.8 Å². The molecule has 0 aliphatic heterocycles. The molecule has 0 amide bonds. The number of rotatable bonds is 4. The quantitative estimate of drug-likeness (QED) is 0.843. The Morgan fingerprint density at radius 2 is 2.21 bits per heavy atom.